The lowest BCUT2D eigenvalue weighted by atomic mass is 10.1. The molecule has 20 heavy (non-hydrogen) atoms. The molecule has 0 unspecified atom stereocenters. The minimum atomic E-state index is -4.51. The summed E-state index contributed by atoms with van der Waals surface area (Å²) < 4.78 is 50.8. The molecule has 0 heterocycles. The van der Waals surface area contributed by atoms with Gasteiger partial charge in [-0.3, -0.25) is 0 Å². The fourth-order valence-corrected chi connectivity index (χ4v) is 2.36. The van der Waals surface area contributed by atoms with E-state index in [1.54, 1.807) is 0 Å². The smallest absolute Gasteiger partial charge is 0.312 e. The van der Waals surface area contributed by atoms with Crippen LogP contribution in [0.1, 0.15) is 36.8 Å². The Bertz CT molecular complexity index is 491. The highest BCUT2D eigenvalue weighted by Crippen LogP contribution is 2.30. The van der Waals surface area contributed by atoms with E-state index in [9.17, 15) is 17.6 Å². The summed E-state index contributed by atoms with van der Waals surface area (Å²) in [5.41, 5.74) is 0.776. The molecule has 0 aliphatic heterocycles. The monoisotopic (exact) mass is 287 g/mol. The molecule has 0 fully saturated rings. The molecule has 0 aromatic heterocycles. The normalized spacial score (nSPS) is 15.5. The van der Waals surface area contributed by atoms with E-state index in [0.29, 0.717) is 18.2 Å². The van der Waals surface area contributed by atoms with Gasteiger partial charge in [0.15, 0.2) is 0 Å². The third-order valence-electron chi connectivity index (χ3n) is 3.37. The summed E-state index contributed by atoms with van der Waals surface area (Å²) in [5, 5.41) is 3.06. The molecule has 1 aliphatic carbocycles. The van der Waals surface area contributed by atoms with Gasteiger partial charge in [-0.15, -0.1) is 0 Å². The molecule has 0 atom stereocenters. The van der Waals surface area contributed by atoms with Crippen LogP contribution in [0.3, 0.4) is 0 Å². The SMILES string of the molecule is Fc1cc(CNCCC2=CCCC2)cc(C(F)(F)F)c1. The van der Waals surface area contributed by atoms with Crippen LogP contribution < -0.4 is 5.32 Å². The van der Waals surface area contributed by atoms with Gasteiger partial charge in [0, 0.05) is 6.54 Å². The summed E-state index contributed by atoms with van der Waals surface area (Å²) in [6, 6.07) is 2.65. The molecule has 110 valence electrons. The predicted molar refractivity (Wildman–Crippen MR) is 69.7 cm³/mol. The van der Waals surface area contributed by atoms with Crippen LogP contribution in [0.2, 0.25) is 0 Å². The lowest BCUT2D eigenvalue weighted by molar-refractivity contribution is -0.137. The van der Waals surface area contributed by atoms with Crippen molar-refractivity contribution in [3.05, 3.63) is 46.8 Å². The van der Waals surface area contributed by atoms with Crippen molar-refractivity contribution in [1.82, 2.24) is 5.32 Å². The lowest BCUT2D eigenvalue weighted by Gasteiger charge is -2.10. The fourth-order valence-electron chi connectivity index (χ4n) is 2.36. The highest BCUT2D eigenvalue weighted by Gasteiger charge is 2.31. The summed E-state index contributed by atoms with van der Waals surface area (Å²) in [5.74, 6) is -0.852. The second-order valence-electron chi connectivity index (χ2n) is 5.03. The van der Waals surface area contributed by atoms with Gasteiger partial charge in [0.2, 0.25) is 0 Å². The van der Waals surface area contributed by atoms with Crippen LogP contribution in [0, 0.1) is 5.82 Å². The minimum Gasteiger partial charge on any atom is -0.312 e. The van der Waals surface area contributed by atoms with Crippen molar-refractivity contribution in [2.75, 3.05) is 6.54 Å². The van der Waals surface area contributed by atoms with E-state index in [2.05, 4.69) is 11.4 Å². The average Bonchev–Trinajstić information content (AvgIpc) is 2.86. The van der Waals surface area contributed by atoms with Crippen LogP contribution in [-0.4, -0.2) is 6.54 Å². The number of hydrogen-bond donors (Lipinski definition) is 1. The number of hydrogen-bond acceptors (Lipinski definition) is 1. The third kappa shape index (κ3) is 4.34. The molecule has 0 amide bonds. The molecule has 1 aromatic carbocycles. The summed E-state index contributed by atoms with van der Waals surface area (Å²) >= 11 is 0. The van der Waals surface area contributed by atoms with Gasteiger partial charge in [-0.25, -0.2) is 4.39 Å². The van der Waals surface area contributed by atoms with Gasteiger partial charge >= 0.3 is 6.18 Å². The minimum absolute atomic E-state index is 0.244. The number of nitrogens with one attached hydrogen (secondary N) is 1. The first kappa shape index (κ1) is 15.0. The molecule has 1 aliphatic rings. The van der Waals surface area contributed by atoms with Gasteiger partial charge in [-0.05, 0) is 56.0 Å². The fraction of sp³-hybridized carbons (Fsp3) is 0.467. The van der Waals surface area contributed by atoms with Gasteiger partial charge in [0.1, 0.15) is 5.82 Å². The summed E-state index contributed by atoms with van der Waals surface area (Å²) in [7, 11) is 0. The quantitative estimate of drug-likeness (QED) is 0.480. The molecule has 1 nitrogen and oxygen atoms in total. The van der Waals surface area contributed by atoms with Crippen LogP contribution in [-0.2, 0) is 12.7 Å². The Labute approximate surface area is 115 Å². The number of benzene rings is 1. The second-order valence-corrected chi connectivity index (χ2v) is 5.03. The van der Waals surface area contributed by atoms with Crippen LogP contribution in [0.5, 0.6) is 0 Å². The molecule has 1 aromatic rings. The van der Waals surface area contributed by atoms with Crippen LogP contribution in [0.15, 0.2) is 29.8 Å². The Kier molecular flexibility index (Phi) is 4.81. The first-order chi connectivity index (χ1) is 9.45. The first-order valence-corrected chi connectivity index (χ1v) is 6.70. The van der Waals surface area contributed by atoms with Crippen molar-refractivity contribution in [3.8, 4) is 0 Å². The Morgan fingerprint density at radius 2 is 1.95 bits per heavy atom. The number of rotatable bonds is 5. The highest BCUT2D eigenvalue weighted by atomic mass is 19.4. The Balaban J connectivity index is 1.87. The molecular formula is C15H17F4N. The van der Waals surface area contributed by atoms with Crippen molar-refractivity contribution >= 4 is 0 Å². The Morgan fingerprint density at radius 1 is 1.15 bits per heavy atom. The van der Waals surface area contributed by atoms with Gasteiger partial charge in [-0.1, -0.05) is 11.6 Å². The summed E-state index contributed by atoms with van der Waals surface area (Å²) in [6.07, 6.45) is 2.03. The van der Waals surface area contributed by atoms with Crippen LogP contribution in [0.4, 0.5) is 17.6 Å². The number of allylic oxidation sites excluding steroid dienone is 1. The molecule has 5 heteroatoms. The van der Waals surface area contributed by atoms with Crippen molar-refractivity contribution < 1.29 is 17.6 Å². The molecular weight excluding hydrogens is 270 g/mol. The second kappa shape index (κ2) is 6.39. The van der Waals surface area contributed by atoms with E-state index >= 15 is 0 Å². The molecule has 0 saturated heterocycles. The lowest BCUT2D eigenvalue weighted by Crippen LogP contribution is -2.16. The topological polar surface area (TPSA) is 12.0 Å². The molecule has 1 N–H and O–H groups in total. The maximum Gasteiger partial charge on any atom is 0.416 e. The zero-order valence-corrected chi connectivity index (χ0v) is 11.1. The molecule has 0 spiro atoms. The third-order valence-corrected chi connectivity index (χ3v) is 3.37. The van der Waals surface area contributed by atoms with Gasteiger partial charge < -0.3 is 5.32 Å². The van der Waals surface area contributed by atoms with E-state index in [4.69, 9.17) is 0 Å². The van der Waals surface area contributed by atoms with E-state index in [1.807, 2.05) is 0 Å². The number of alkyl halides is 3. The van der Waals surface area contributed by atoms with Crippen molar-refractivity contribution in [1.29, 1.82) is 0 Å². The maximum absolute atomic E-state index is 13.2. The Morgan fingerprint density at radius 3 is 2.60 bits per heavy atom. The van der Waals surface area contributed by atoms with E-state index in [0.717, 1.165) is 31.4 Å². The number of halogens is 4. The highest BCUT2D eigenvalue weighted by molar-refractivity contribution is 5.26. The average molecular weight is 287 g/mol. The maximum atomic E-state index is 13.2. The van der Waals surface area contributed by atoms with Crippen molar-refractivity contribution in [3.63, 3.8) is 0 Å². The molecule has 2 rings (SSSR count). The van der Waals surface area contributed by atoms with E-state index in [1.165, 1.54) is 12.0 Å². The first-order valence-electron chi connectivity index (χ1n) is 6.70. The van der Waals surface area contributed by atoms with Crippen molar-refractivity contribution in [2.45, 2.75) is 38.4 Å². The summed E-state index contributed by atoms with van der Waals surface area (Å²) in [6.45, 7) is 0.942. The van der Waals surface area contributed by atoms with Crippen molar-refractivity contribution in [2.24, 2.45) is 0 Å². The van der Waals surface area contributed by atoms with Crippen LogP contribution >= 0.6 is 0 Å². The van der Waals surface area contributed by atoms with Gasteiger partial charge in [0.05, 0.1) is 5.56 Å². The largest absolute Gasteiger partial charge is 0.416 e. The van der Waals surface area contributed by atoms with Gasteiger partial charge in [0.25, 0.3) is 0 Å². The standard InChI is InChI=1S/C15H17F4N/c16-14-8-12(7-13(9-14)15(17,18)19)10-20-6-5-11-3-1-2-4-11/h3,7-9,20H,1-2,4-6,10H2. The zero-order valence-electron chi connectivity index (χ0n) is 11.1. The summed E-state index contributed by atoms with van der Waals surface area (Å²) in [4.78, 5) is 0. The molecule has 0 radical (unpaired) electrons. The molecule has 0 saturated carbocycles. The van der Waals surface area contributed by atoms with Crippen LogP contribution in [0.25, 0.3) is 0 Å². The predicted octanol–water partition coefficient (Wildman–Crippen LogP) is 4.43. The molecule has 0 bridgehead atoms. The van der Waals surface area contributed by atoms with E-state index in [-0.39, 0.29) is 6.54 Å². The van der Waals surface area contributed by atoms with Gasteiger partial charge in [-0.2, -0.15) is 13.2 Å². The Hall–Kier alpha value is -1.36. The van der Waals surface area contributed by atoms with E-state index < -0.39 is 17.6 Å². The zero-order chi connectivity index (χ0) is 14.6.